The van der Waals surface area contributed by atoms with Crippen molar-refractivity contribution in [3.05, 3.63) is 34.3 Å². The number of carbonyl (C=O) groups is 1. The van der Waals surface area contributed by atoms with Gasteiger partial charge in [-0.15, -0.1) is 12.4 Å². The lowest BCUT2D eigenvalue weighted by Crippen LogP contribution is -2.47. The van der Waals surface area contributed by atoms with Crippen molar-refractivity contribution in [2.24, 2.45) is 5.73 Å². The Kier molecular flexibility index (Phi) is 7.56. The molecule has 0 saturated carbocycles. The van der Waals surface area contributed by atoms with Crippen LogP contribution in [0.2, 0.25) is 0 Å². The lowest BCUT2D eigenvalue weighted by molar-refractivity contribution is -0.134. The monoisotopic (exact) mass is 360 g/mol. The van der Waals surface area contributed by atoms with E-state index in [0.29, 0.717) is 13.0 Å². The third-order valence-electron chi connectivity index (χ3n) is 3.79. The lowest BCUT2D eigenvalue weighted by atomic mass is 10.0. The van der Waals surface area contributed by atoms with Crippen molar-refractivity contribution < 1.29 is 4.79 Å². The quantitative estimate of drug-likeness (QED) is 0.895. The van der Waals surface area contributed by atoms with Crippen LogP contribution in [0.1, 0.15) is 31.2 Å². The Morgan fingerprint density at radius 3 is 2.80 bits per heavy atom. The largest absolute Gasteiger partial charge is 0.338 e. The van der Waals surface area contributed by atoms with Gasteiger partial charge in [-0.05, 0) is 37.3 Å². The maximum absolute atomic E-state index is 12.3. The molecule has 1 fully saturated rings. The minimum Gasteiger partial charge on any atom is -0.338 e. The van der Waals surface area contributed by atoms with Gasteiger partial charge in [-0.25, -0.2) is 0 Å². The summed E-state index contributed by atoms with van der Waals surface area (Å²) in [5, 5.41) is 0. The Bertz CT molecular complexity index is 442. The number of likely N-dealkylation sites (tertiary alicyclic amines) is 1. The zero-order chi connectivity index (χ0) is 13.7. The molecule has 1 atom stereocenters. The van der Waals surface area contributed by atoms with Crippen LogP contribution in [0.5, 0.6) is 0 Å². The maximum atomic E-state index is 12.3. The first-order valence-electron chi connectivity index (χ1n) is 6.95. The van der Waals surface area contributed by atoms with E-state index in [0.717, 1.165) is 30.3 Å². The fourth-order valence-electron chi connectivity index (χ4n) is 2.66. The predicted molar refractivity (Wildman–Crippen MR) is 88.1 cm³/mol. The summed E-state index contributed by atoms with van der Waals surface area (Å²) in [6.07, 6.45) is 4.71. The third kappa shape index (κ3) is 4.47. The molecule has 1 saturated heterocycles. The lowest BCUT2D eigenvalue weighted by Gasteiger charge is -2.35. The molecular weight excluding hydrogens is 340 g/mol. The van der Waals surface area contributed by atoms with Crippen molar-refractivity contribution in [3.63, 3.8) is 0 Å². The van der Waals surface area contributed by atoms with Crippen LogP contribution in [0.4, 0.5) is 0 Å². The highest BCUT2D eigenvalue weighted by Crippen LogP contribution is 2.20. The molecule has 1 amide bonds. The highest BCUT2D eigenvalue weighted by atomic mass is 79.9. The first-order valence-corrected chi connectivity index (χ1v) is 7.74. The van der Waals surface area contributed by atoms with Crippen LogP contribution in [0.3, 0.4) is 0 Å². The number of piperidine rings is 1. The smallest absolute Gasteiger partial charge is 0.223 e. The molecule has 2 N–H and O–H groups in total. The molecule has 0 spiro atoms. The standard InChI is InChI=1S/C15H21BrN2O.ClH/c16-14-7-2-1-5-12(14)8-9-15(19)18-10-4-3-6-13(18)11-17;/h1-2,5,7,13H,3-4,6,8-11,17H2;1H. The Hall–Kier alpha value is -0.580. The topological polar surface area (TPSA) is 46.3 Å². The van der Waals surface area contributed by atoms with Crippen LogP contribution in [-0.4, -0.2) is 29.9 Å². The van der Waals surface area contributed by atoms with Gasteiger partial charge in [0.05, 0.1) is 0 Å². The number of benzene rings is 1. The molecule has 0 bridgehead atoms. The summed E-state index contributed by atoms with van der Waals surface area (Å²) >= 11 is 3.52. The van der Waals surface area contributed by atoms with Crippen LogP contribution in [0.25, 0.3) is 0 Å². The minimum atomic E-state index is 0. The normalized spacial score (nSPS) is 18.5. The van der Waals surface area contributed by atoms with Crippen molar-refractivity contribution in [3.8, 4) is 0 Å². The van der Waals surface area contributed by atoms with Crippen LogP contribution in [0, 0.1) is 0 Å². The number of nitrogens with two attached hydrogens (primary N) is 1. The summed E-state index contributed by atoms with van der Waals surface area (Å²) < 4.78 is 1.08. The van der Waals surface area contributed by atoms with E-state index in [1.165, 1.54) is 12.0 Å². The van der Waals surface area contributed by atoms with Gasteiger partial charge in [-0.3, -0.25) is 4.79 Å². The average molecular weight is 362 g/mol. The van der Waals surface area contributed by atoms with Gasteiger partial charge in [-0.2, -0.15) is 0 Å². The molecule has 1 aliphatic heterocycles. The number of rotatable bonds is 4. The molecule has 0 aliphatic carbocycles. The van der Waals surface area contributed by atoms with E-state index in [-0.39, 0.29) is 24.4 Å². The number of amides is 1. The molecule has 1 heterocycles. The summed E-state index contributed by atoms with van der Waals surface area (Å²) in [5.74, 6) is 0.242. The maximum Gasteiger partial charge on any atom is 0.223 e. The highest BCUT2D eigenvalue weighted by Gasteiger charge is 2.25. The van der Waals surface area contributed by atoms with Crippen LogP contribution < -0.4 is 5.73 Å². The number of nitrogens with zero attached hydrogens (tertiary/aromatic N) is 1. The second-order valence-electron chi connectivity index (χ2n) is 5.06. The molecule has 112 valence electrons. The zero-order valence-electron chi connectivity index (χ0n) is 11.6. The molecule has 5 heteroatoms. The summed E-state index contributed by atoms with van der Waals surface area (Å²) in [6.45, 7) is 1.46. The molecule has 0 aromatic heterocycles. The highest BCUT2D eigenvalue weighted by molar-refractivity contribution is 9.10. The van der Waals surface area contributed by atoms with Gasteiger partial charge in [0.15, 0.2) is 0 Å². The molecule has 2 rings (SSSR count). The fourth-order valence-corrected chi connectivity index (χ4v) is 3.14. The number of aryl methyl sites for hydroxylation is 1. The van der Waals surface area contributed by atoms with E-state index in [1.54, 1.807) is 0 Å². The van der Waals surface area contributed by atoms with Gasteiger partial charge in [0.25, 0.3) is 0 Å². The van der Waals surface area contributed by atoms with Crippen molar-refractivity contribution in [1.82, 2.24) is 4.90 Å². The van der Waals surface area contributed by atoms with E-state index < -0.39 is 0 Å². The van der Waals surface area contributed by atoms with Gasteiger partial charge < -0.3 is 10.6 Å². The Balaban J connectivity index is 0.00000200. The summed E-state index contributed by atoms with van der Waals surface area (Å²) in [4.78, 5) is 14.3. The molecule has 20 heavy (non-hydrogen) atoms. The third-order valence-corrected chi connectivity index (χ3v) is 4.56. The SMILES string of the molecule is Cl.NCC1CCCCN1C(=O)CCc1ccccc1Br. The van der Waals surface area contributed by atoms with E-state index >= 15 is 0 Å². The van der Waals surface area contributed by atoms with E-state index in [9.17, 15) is 4.79 Å². The molecule has 1 aromatic carbocycles. The van der Waals surface area contributed by atoms with Crippen molar-refractivity contribution >= 4 is 34.2 Å². The van der Waals surface area contributed by atoms with Crippen LogP contribution in [0.15, 0.2) is 28.7 Å². The molecule has 1 aliphatic rings. The molecule has 3 nitrogen and oxygen atoms in total. The number of halogens is 2. The van der Waals surface area contributed by atoms with Gasteiger partial charge in [-0.1, -0.05) is 34.1 Å². The predicted octanol–water partition coefficient (Wildman–Crippen LogP) is 3.14. The van der Waals surface area contributed by atoms with Gasteiger partial charge >= 0.3 is 0 Å². The summed E-state index contributed by atoms with van der Waals surface area (Å²) in [7, 11) is 0. The van der Waals surface area contributed by atoms with Gasteiger partial charge in [0.1, 0.15) is 0 Å². The zero-order valence-corrected chi connectivity index (χ0v) is 14.0. The number of carbonyl (C=O) groups excluding carboxylic acids is 1. The van der Waals surface area contributed by atoms with E-state index in [1.807, 2.05) is 23.1 Å². The minimum absolute atomic E-state index is 0. The van der Waals surface area contributed by atoms with E-state index in [4.69, 9.17) is 5.73 Å². The Labute approximate surface area is 135 Å². The first-order chi connectivity index (χ1) is 9.22. The van der Waals surface area contributed by atoms with Crippen LogP contribution in [-0.2, 0) is 11.2 Å². The summed E-state index contributed by atoms with van der Waals surface area (Å²) in [5.41, 5.74) is 6.95. The Morgan fingerprint density at radius 1 is 1.35 bits per heavy atom. The van der Waals surface area contributed by atoms with Crippen molar-refractivity contribution in [2.75, 3.05) is 13.1 Å². The first kappa shape index (κ1) is 17.5. The molecular formula is C15H22BrClN2O. The second-order valence-corrected chi connectivity index (χ2v) is 5.92. The van der Waals surface area contributed by atoms with Crippen molar-refractivity contribution in [2.45, 2.75) is 38.1 Å². The molecule has 0 radical (unpaired) electrons. The average Bonchev–Trinajstić information content (AvgIpc) is 2.46. The molecule has 1 unspecified atom stereocenters. The molecule has 1 aromatic rings. The second kappa shape index (κ2) is 8.65. The summed E-state index contributed by atoms with van der Waals surface area (Å²) in [6, 6.07) is 8.33. The number of hydrogen-bond acceptors (Lipinski definition) is 2. The van der Waals surface area contributed by atoms with Crippen molar-refractivity contribution in [1.29, 1.82) is 0 Å². The van der Waals surface area contributed by atoms with E-state index in [2.05, 4.69) is 22.0 Å². The number of hydrogen-bond donors (Lipinski definition) is 1. The van der Waals surface area contributed by atoms with Crippen LogP contribution >= 0.6 is 28.3 Å². The Morgan fingerprint density at radius 2 is 2.10 bits per heavy atom. The van der Waals surface area contributed by atoms with Gasteiger partial charge in [0, 0.05) is 30.0 Å². The van der Waals surface area contributed by atoms with Gasteiger partial charge in [0.2, 0.25) is 5.91 Å². The fraction of sp³-hybridized carbons (Fsp3) is 0.533.